The monoisotopic (exact) mass is 460 g/mol. The molecule has 3 aromatic carbocycles. The van der Waals surface area contributed by atoms with E-state index in [4.69, 9.17) is 9.47 Å². The van der Waals surface area contributed by atoms with Gasteiger partial charge < -0.3 is 9.47 Å². The summed E-state index contributed by atoms with van der Waals surface area (Å²) < 4.78 is 24.0. The van der Waals surface area contributed by atoms with E-state index in [0.29, 0.717) is 11.3 Å². The second kappa shape index (κ2) is 9.37. The van der Waals surface area contributed by atoms with Crippen LogP contribution in [-0.2, 0) is 9.59 Å². The van der Waals surface area contributed by atoms with Gasteiger partial charge in [-0.3, -0.25) is 14.9 Å². The molecule has 1 heterocycles. The molecule has 0 radical (unpaired) electrons. The fraction of sp³-hybridized carbons (Fsp3) is 0.0400. The zero-order chi connectivity index (χ0) is 24.2. The molecule has 8 nitrogen and oxygen atoms in total. The molecule has 0 saturated carbocycles. The summed E-state index contributed by atoms with van der Waals surface area (Å²) >= 11 is 0. The Balaban J connectivity index is 1.54. The molecule has 1 saturated heterocycles. The number of halogens is 1. The summed E-state index contributed by atoms with van der Waals surface area (Å²) in [6.07, 6.45) is 1.31. The molecule has 1 aliphatic rings. The summed E-state index contributed by atoms with van der Waals surface area (Å²) in [4.78, 5) is 50.6. The van der Waals surface area contributed by atoms with Crippen LogP contribution >= 0.6 is 0 Å². The third-order valence-corrected chi connectivity index (χ3v) is 4.93. The second-order valence-electron chi connectivity index (χ2n) is 7.09. The molecule has 1 fully saturated rings. The van der Waals surface area contributed by atoms with Crippen LogP contribution < -0.4 is 19.7 Å². The van der Waals surface area contributed by atoms with Crippen molar-refractivity contribution in [1.29, 1.82) is 0 Å². The summed E-state index contributed by atoms with van der Waals surface area (Å²) in [5.41, 5.74) is 0.235. The van der Waals surface area contributed by atoms with Crippen LogP contribution in [0.5, 0.6) is 11.5 Å². The van der Waals surface area contributed by atoms with Gasteiger partial charge in [0.05, 0.1) is 18.4 Å². The minimum atomic E-state index is -0.868. The van der Waals surface area contributed by atoms with Crippen molar-refractivity contribution in [2.45, 2.75) is 0 Å². The van der Waals surface area contributed by atoms with Crippen LogP contribution in [0.25, 0.3) is 6.08 Å². The van der Waals surface area contributed by atoms with E-state index in [1.807, 2.05) is 0 Å². The van der Waals surface area contributed by atoms with Crippen molar-refractivity contribution in [1.82, 2.24) is 5.32 Å². The fourth-order valence-electron chi connectivity index (χ4n) is 3.21. The Morgan fingerprint density at radius 3 is 2.21 bits per heavy atom. The lowest BCUT2D eigenvalue weighted by molar-refractivity contribution is -0.122. The number of anilines is 1. The lowest BCUT2D eigenvalue weighted by atomic mass is 10.1. The Morgan fingerprint density at radius 1 is 0.912 bits per heavy atom. The van der Waals surface area contributed by atoms with Crippen molar-refractivity contribution in [3.05, 3.63) is 95.3 Å². The number of carbonyl (C=O) groups is 4. The molecule has 0 atom stereocenters. The number of esters is 1. The molecule has 4 rings (SSSR count). The molecule has 0 unspecified atom stereocenters. The first-order valence-electron chi connectivity index (χ1n) is 9.99. The van der Waals surface area contributed by atoms with Crippen LogP contribution in [0.15, 0.2) is 78.4 Å². The highest BCUT2D eigenvalue weighted by Gasteiger charge is 2.36. The molecule has 0 aromatic heterocycles. The molecule has 4 amide bonds. The first-order chi connectivity index (χ1) is 16.4. The van der Waals surface area contributed by atoms with E-state index in [1.165, 1.54) is 67.8 Å². The topological polar surface area (TPSA) is 102 Å². The largest absolute Gasteiger partial charge is 0.497 e. The van der Waals surface area contributed by atoms with Gasteiger partial charge in [-0.05, 0) is 60.2 Å². The highest BCUT2D eigenvalue weighted by atomic mass is 19.1. The van der Waals surface area contributed by atoms with Crippen molar-refractivity contribution in [2.24, 2.45) is 0 Å². The van der Waals surface area contributed by atoms with Crippen LogP contribution in [0.4, 0.5) is 14.9 Å². The predicted octanol–water partition coefficient (Wildman–Crippen LogP) is 3.72. The average molecular weight is 460 g/mol. The average Bonchev–Trinajstić information content (AvgIpc) is 2.83. The lowest BCUT2D eigenvalue weighted by Gasteiger charge is -2.26. The van der Waals surface area contributed by atoms with Crippen molar-refractivity contribution >= 4 is 35.6 Å². The van der Waals surface area contributed by atoms with Gasteiger partial charge in [-0.2, -0.15) is 0 Å². The molecule has 9 heteroatoms. The minimum Gasteiger partial charge on any atom is -0.497 e. The van der Waals surface area contributed by atoms with Gasteiger partial charge in [-0.1, -0.05) is 24.3 Å². The van der Waals surface area contributed by atoms with Gasteiger partial charge in [0.15, 0.2) is 0 Å². The third-order valence-electron chi connectivity index (χ3n) is 4.93. The Hall–Kier alpha value is -4.79. The summed E-state index contributed by atoms with van der Waals surface area (Å²) in [6.45, 7) is 0. The number of nitrogens with one attached hydrogen (secondary N) is 1. The normalized spacial score (nSPS) is 14.7. The number of imide groups is 2. The minimum absolute atomic E-state index is 0.143. The lowest BCUT2D eigenvalue weighted by Crippen LogP contribution is -2.54. The van der Waals surface area contributed by atoms with Crippen LogP contribution in [0, 0.1) is 5.82 Å². The Kier molecular flexibility index (Phi) is 6.18. The number of rotatable bonds is 5. The van der Waals surface area contributed by atoms with Crippen molar-refractivity contribution in [3.63, 3.8) is 0 Å². The van der Waals surface area contributed by atoms with E-state index in [9.17, 15) is 23.6 Å². The number of ether oxygens (including phenoxy) is 2. The number of benzene rings is 3. The maximum atomic E-state index is 13.7. The van der Waals surface area contributed by atoms with Crippen LogP contribution in [0.3, 0.4) is 0 Å². The van der Waals surface area contributed by atoms with Crippen LogP contribution in [0.1, 0.15) is 15.9 Å². The molecule has 0 spiro atoms. The Morgan fingerprint density at radius 2 is 1.56 bits per heavy atom. The van der Waals surface area contributed by atoms with Gasteiger partial charge in [0.1, 0.15) is 22.9 Å². The quantitative estimate of drug-likeness (QED) is 0.270. The van der Waals surface area contributed by atoms with Gasteiger partial charge in [0.2, 0.25) is 0 Å². The Bertz CT molecular complexity index is 1320. The maximum Gasteiger partial charge on any atom is 0.346 e. The van der Waals surface area contributed by atoms with Crippen molar-refractivity contribution < 1.29 is 33.0 Å². The number of methoxy groups -OCH3 is 1. The summed E-state index contributed by atoms with van der Waals surface area (Å²) in [5, 5.41) is 2.14. The molecule has 0 bridgehead atoms. The molecule has 3 aromatic rings. The second-order valence-corrected chi connectivity index (χ2v) is 7.09. The number of amides is 4. The van der Waals surface area contributed by atoms with Gasteiger partial charge >= 0.3 is 12.0 Å². The summed E-state index contributed by atoms with van der Waals surface area (Å²) in [5.74, 6) is -2.52. The number of barbiturate groups is 1. The number of hydrogen-bond donors (Lipinski definition) is 1. The smallest absolute Gasteiger partial charge is 0.346 e. The van der Waals surface area contributed by atoms with E-state index >= 15 is 0 Å². The standard InChI is InChI=1S/C25H17FN2O6/c1-33-17-12-8-16(9-13-17)28-23(30)20(22(29)27-25(28)32)14-15-6-10-18(11-7-15)34-24(31)19-4-2-3-5-21(19)26/h2-14H,1H3,(H,27,29,32)/b20-14-. The van der Waals surface area contributed by atoms with Crippen molar-refractivity contribution in [3.8, 4) is 11.5 Å². The molecule has 170 valence electrons. The van der Waals surface area contributed by atoms with E-state index in [2.05, 4.69) is 5.32 Å². The van der Waals surface area contributed by atoms with Gasteiger partial charge in [0, 0.05) is 0 Å². The Labute approximate surface area is 193 Å². The highest BCUT2D eigenvalue weighted by molar-refractivity contribution is 6.39. The molecule has 1 aliphatic heterocycles. The van der Waals surface area contributed by atoms with Gasteiger partial charge in [-0.15, -0.1) is 0 Å². The summed E-state index contributed by atoms with van der Waals surface area (Å²) in [7, 11) is 1.49. The molecule has 0 aliphatic carbocycles. The van der Waals surface area contributed by atoms with Gasteiger partial charge in [-0.25, -0.2) is 18.9 Å². The van der Waals surface area contributed by atoms with Gasteiger partial charge in [0.25, 0.3) is 11.8 Å². The fourth-order valence-corrected chi connectivity index (χ4v) is 3.21. The van der Waals surface area contributed by atoms with E-state index in [1.54, 1.807) is 12.1 Å². The number of nitrogens with zero attached hydrogens (tertiary/aromatic N) is 1. The van der Waals surface area contributed by atoms with E-state index < -0.39 is 29.6 Å². The highest BCUT2D eigenvalue weighted by Crippen LogP contribution is 2.25. The third kappa shape index (κ3) is 4.53. The van der Waals surface area contributed by atoms with E-state index in [0.717, 1.165) is 11.0 Å². The van der Waals surface area contributed by atoms with E-state index in [-0.39, 0.29) is 22.6 Å². The first-order valence-corrected chi connectivity index (χ1v) is 9.99. The predicted molar refractivity (Wildman–Crippen MR) is 120 cm³/mol. The summed E-state index contributed by atoms with van der Waals surface area (Å²) in [6, 6.07) is 16.6. The van der Waals surface area contributed by atoms with Crippen molar-refractivity contribution in [2.75, 3.05) is 12.0 Å². The van der Waals surface area contributed by atoms with Crippen LogP contribution in [-0.4, -0.2) is 30.9 Å². The number of urea groups is 1. The SMILES string of the molecule is COc1ccc(N2C(=O)NC(=O)/C(=C/c3ccc(OC(=O)c4ccccc4F)cc3)C2=O)cc1. The van der Waals surface area contributed by atoms with Crippen LogP contribution in [0.2, 0.25) is 0 Å². The maximum absolute atomic E-state index is 13.7. The number of carbonyl (C=O) groups excluding carboxylic acids is 4. The zero-order valence-corrected chi connectivity index (χ0v) is 17.8. The molecular formula is C25H17FN2O6. The molecule has 34 heavy (non-hydrogen) atoms. The molecular weight excluding hydrogens is 443 g/mol. The molecule has 1 N–H and O–H groups in total. The first kappa shape index (κ1) is 22.4. The zero-order valence-electron chi connectivity index (χ0n) is 17.8. The number of hydrogen-bond acceptors (Lipinski definition) is 6.